The molecule has 0 fully saturated rings. The number of carboxylic acids is 1. The number of aromatic nitrogens is 1. The highest BCUT2D eigenvalue weighted by molar-refractivity contribution is 6.03. The average molecular weight is 263 g/mol. The molecule has 0 saturated heterocycles. The summed E-state index contributed by atoms with van der Waals surface area (Å²) in [5.41, 5.74) is 2.73. The molecule has 0 unspecified atom stereocenters. The SMILES string of the molecule is Cc1ccc2ccccc2c1-c1cccnc1C(=O)O. The molecule has 1 N–H and O–H groups in total. The molecule has 98 valence electrons. The van der Waals surface area contributed by atoms with Crippen LogP contribution in [0.15, 0.2) is 54.7 Å². The van der Waals surface area contributed by atoms with Crippen molar-refractivity contribution in [1.29, 1.82) is 0 Å². The van der Waals surface area contributed by atoms with Crippen LogP contribution in [-0.4, -0.2) is 16.1 Å². The van der Waals surface area contributed by atoms with Crippen molar-refractivity contribution in [2.45, 2.75) is 6.92 Å². The Balaban J connectivity index is 2.41. The van der Waals surface area contributed by atoms with Gasteiger partial charge in [0.25, 0.3) is 0 Å². The van der Waals surface area contributed by atoms with Gasteiger partial charge in [-0.1, -0.05) is 42.5 Å². The third-order valence-electron chi connectivity index (χ3n) is 3.42. The number of carboxylic acid groups (broad SMARTS) is 1. The van der Waals surface area contributed by atoms with Crippen LogP contribution in [0.4, 0.5) is 0 Å². The molecule has 3 nitrogen and oxygen atoms in total. The van der Waals surface area contributed by atoms with E-state index >= 15 is 0 Å². The number of hydrogen-bond donors (Lipinski definition) is 1. The Bertz CT molecular complexity index is 809. The molecule has 0 amide bonds. The molecule has 1 heterocycles. The standard InChI is InChI=1S/C17H13NO2/c1-11-8-9-12-5-2-3-6-13(12)15(11)14-7-4-10-18-16(14)17(19)20/h2-10H,1H3,(H,19,20). The summed E-state index contributed by atoms with van der Waals surface area (Å²) in [5.74, 6) is -1.01. The fourth-order valence-electron chi connectivity index (χ4n) is 2.52. The maximum absolute atomic E-state index is 11.4. The number of hydrogen-bond acceptors (Lipinski definition) is 2. The molecular weight excluding hydrogens is 250 g/mol. The summed E-state index contributed by atoms with van der Waals surface area (Å²) >= 11 is 0. The number of aromatic carboxylic acids is 1. The largest absolute Gasteiger partial charge is 0.476 e. The van der Waals surface area contributed by atoms with Gasteiger partial charge in [-0.05, 0) is 34.9 Å². The van der Waals surface area contributed by atoms with Gasteiger partial charge in [-0.2, -0.15) is 0 Å². The van der Waals surface area contributed by atoms with E-state index in [1.165, 1.54) is 6.20 Å². The second kappa shape index (κ2) is 4.78. The maximum atomic E-state index is 11.4. The zero-order chi connectivity index (χ0) is 14.1. The van der Waals surface area contributed by atoms with Gasteiger partial charge in [0.05, 0.1) is 0 Å². The number of pyridine rings is 1. The predicted octanol–water partition coefficient (Wildman–Crippen LogP) is 3.91. The lowest BCUT2D eigenvalue weighted by Gasteiger charge is -2.12. The van der Waals surface area contributed by atoms with Crippen LogP contribution in [0.5, 0.6) is 0 Å². The number of carbonyl (C=O) groups is 1. The Morgan fingerprint density at radius 3 is 2.65 bits per heavy atom. The van der Waals surface area contributed by atoms with Crippen molar-refractivity contribution in [3.63, 3.8) is 0 Å². The van der Waals surface area contributed by atoms with Crippen molar-refractivity contribution in [2.75, 3.05) is 0 Å². The smallest absolute Gasteiger partial charge is 0.355 e. The minimum atomic E-state index is -1.01. The highest BCUT2D eigenvalue weighted by Gasteiger charge is 2.16. The van der Waals surface area contributed by atoms with E-state index in [9.17, 15) is 9.90 Å². The van der Waals surface area contributed by atoms with E-state index in [0.717, 1.165) is 21.9 Å². The lowest BCUT2D eigenvalue weighted by Crippen LogP contribution is -2.03. The van der Waals surface area contributed by atoms with Gasteiger partial charge in [0.1, 0.15) is 0 Å². The van der Waals surface area contributed by atoms with E-state index in [1.807, 2.05) is 49.4 Å². The number of fused-ring (bicyclic) bond motifs is 1. The first kappa shape index (κ1) is 12.4. The van der Waals surface area contributed by atoms with Gasteiger partial charge in [0.2, 0.25) is 0 Å². The molecule has 0 aliphatic heterocycles. The van der Waals surface area contributed by atoms with Crippen molar-refractivity contribution in [2.24, 2.45) is 0 Å². The molecule has 0 spiro atoms. The molecular formula is C17H13NO2. The summed E-state index contributed by atoms with van der Waals surface area (Å²) in [4.78, 5) is 15.4. The molecule has 20 heavy (non-hydrogen) atoms. The second-order valence-electron chi connectivity index (χ2n) is 4.68. The number of aryl methyl sites for hydroxylation is 1. The van der Waals surface area contributed by atoms with E-state index in [-0.39, 0.29) is 5.69 Å². The Labute approximate surface area is 116 Å². The molecule has 0 aliphatic carbocycles. The minimum absolute atomic E-state index is 0.0898. The van der Waals surface area contributed by atoms with Crippen LogP contribution in [0.25, 0.3) is 21.9 Å². The van der Waals surface area contributed by atoms with Crippen molar-refractivity contribution in [3.8, 4) is 11.1 Å². The maximum Gasteiger partial charge on any atom is 0.355 e. The first-order valence-corrected chi connectivity index (χ1v) is 6.35. The highest BCUT2D eigenvalue weighted by Crippen LogP contribution is 2.33. The Kier molecular flexibility index (Phi) is 2.95. The first-order chi connectivity index (χ1) is 9.68. The van der Waals surface area contributed by atoms with Crippen LogP contribution >= 0.6 is 0 Å². The highest BCUT2D eigenvalue weighted by atomic mass is 16.4. The number of nitrogens with zero attached hydrogens (tertiary/aromatic N) is 1. The van der Waals surface area contributed by atoms with Gasteiger partial charge < -0.3 is 5.11 Å². The molecule has 1 aromatic heterocycles. The van der Waals surface area contributed by atoms with Gasteiger partial charge in [-0.3, -0.25) is 0 Å². The summed E-state index contributed by atoms with van der Waals surface area (Å²) in [5, 5.41) is 11.5. The van der Waals surface area contributed by atoms with E-state index in [2.05, 4.69) is 4.98 Å². The van der Waals surface area contributed by atoms with E-state index < -0.39 is 5.97 Å². The van der Waals surface area contributed by atoms with E-state index in [4.69, 9.17) is 0 Å². The molecule has 2 aromatic carbocycles. The van der Waals surface area contributed by atoms with Crippen LogP contribution < -0.4 is 0 Å². The van der Waals surface area contributed by atoms with Crippen molar-refractivity contribution < 1.29 is 9.90 Å². The summed E-state index contributed by atoms with van der Waals surface area (Å²) in [6, 6.07) is 15.6. The normalized spacial score (nSPS) is 10.7. The Morgan fingerprint density at radius 2 is 1.85 bits per heavy atom. The Morgan fingerprint density at radius 1 is 1.05 bits per heavy atom. The van der Waals surface area contributed by atoms with Gasteiger partial charge in [0, 0.05) is 11.8 Å². The van der Waals surface area contributed by atoms with Crippen LogP contribution in [0.3, 0.4) is 0 Å². The summed E-state index contributed by atoms with van der Waals surface area (Å²) < 4.78 is 0. The van der Waals surface area contributed by atoms with Gasteiger partial charge in [-0.25, -0.2) is 9.78 Å². The summed E-state index contributed by atoms with van der Waals surface area (Å²) in [6.45, 7) is 1.99. The quantitative estimate of drug-likeness (QED) is 0.762. The first-order valence-electron chi connectivity index (χ1n) is 6.35. The monoisotopic (exact) mass is 263 g/mol. The van der Waals surface area contributed by atoms with Crippen molar-refractivity contribution in [1.82, 2.24) is 4.98 Å². The predicted molar refractivity (Wildman–Crippen MR) is 78.9 cm³/mol. The zero-order valence-corrected chi connectivity index (χ0v) is 11.0. The lowest BCUT2D eigenvalue weighted by molar-refractivity contribution is 0.0691. The number of benzene rings is 2. The average Bonchev–Trinajstić information content (AvgIpc) is 2.47. The Hall–Kier alpha value is -2.68. The van der Waals surface area contributed by atoms with E-state index in [0.29, 0.717) is 5.56 Å². The minimum Gasteiger partial charge on any atom is -0.476 e. The molecule has 0 saturated carbocycles. The second-order valence-corrected chi connectivity index (χ2v) is 4.68. The van der Waals surface area contributed by atoms with Crippen LogP contribution in [0.2, 0.25) is 0 Å². The van der Waals surface area contributed by atoms with Gasteiger partial charge in [-0.15, -0.1) is 0 Å². The van der Waals surface area contributed by atoms with Gasteiger partial charge in [0.15, 0.2) is 5.69 Å². The van der Waals surface area contributed by atoms with Crippen LogP contribution in [-0.2, 0) is 0 Å². The topological polar surface area (TPSA) is 50.2 Å². The van der Waals surface area contributed by atoms with Crippen LogP contribution in [0.1, 0.15) is 16.1 Å². The molecule has 0 aliphatic rings. The molecule has 3 rings (SSSR count). The molecule has 0 radical (unpaired) electrons. The number of rotatable bonds is 2. The van der Waals surface area contributed by atoms with Crippen LogP contribution in [0, 0.1) is 6.92 Å². The summed E-state index contributed by atoms with van der Waals surface area (Å²) in [6.07, 6.45) is 1.51. The van der Waals surface area contributed by atoms with E-state index in [1.54, 1.807) is 6.07 Å². The lowest BCUT2D eigenvalue weighted by atomic mass is 9.93. The fraction of sp³-hybridized carbons (Fsp3) is 0.0588. The molecule has 0 atom stereocenters. The van der Waals surface area contributed by atoms with Crippen molar-refractivity contribution >= 4 is 16.7 Å². The summed E-state index contributed by atoms with van der Waals surface area (Å²) in [7, 11) is 0. The van der Waals surface area contributed by atoms with Crippen molar-refractivity contribution in [3.05, 3.63) is 66.0 Å². The third-order valence-corrected chi connectivity index (χ3v) is 3.42. The fourth-order valence-corrected chi connectivity index (χ4v) is 2.52. The third kappa shape index (κ3) is 1.93. The zero-order valence-electron chi connectivity index (χ0n) is 11.0. The van der Waals surface area contributed by atoms with Gasteiger partial charge >= 0.3 is 5.97 Å². The molecule has 0 bridgehead atoms. The molecule has 3 heteroatoms. The molecule has 3 aromatic rings.